The van der Waals surface area contributed by atoms with Crippen molar-refractivity contribution in [3.8, 4) is 6.07 Å². The Kier molecular flexibility index (Phi) is 6.82. The number of pyridine rings is 2. The molecule has 0 saturated heterocycles. The molecule has 1 aliphatic carbocycles. The third-order valence-corrected chi connectivity index (χ3v) is 7.53. The Morgan fingerprint density at radius 2 is 2.00 bits per heavy atom. The molecule has 2 N–H and O–H groups in total. The second-order valence-electron chi connectivity index (χ2n) is 10.1. The fourth-order valence-corrected chi connectivity index (χ4v) is 5.13. The molecule has 2 aromatic carbocycles. The number of nitriles is 1. The largest absolute Gasteiger partial charge is 0.383 e. The third kappa shape index (κ3) is 5.08. The highest BCUT2D eigenvalue weighted by Gasteiger charge is 2.34. The minimum absolute atomic E-state index is 0.321. The average Bonchev–Trinajstić information content (AvgIpc) is 3.69. The summed E-state index contributed by atoms with van der Waals surface area (Å²) in [5.41, 5.74) is 4.09. The van der Waals surface area contributed by atoms with Gasteiger partial charge in [0.15, 0.2) is 0 Å². The van der Waals surface area contributed by atoms with E-state index in [1.807, 2.05) is 43.1 Å². The molecular weight excluding hydrogens is 526 g/mol. The lowest BCUT2D eigenvalue weighted by Gasteiger charge is -2.31. The van der Waals surface area contributed by atoms with Gasteiger partial charge >= 0.3 is 0 Å². The monoisotopic (exact) mass is 550 g/mol. The predicted octanol–water partition coefficient (Wildman–Crippen LogP) is 4.82. The van der Waals surface area contributed by atoms with E-state index in [1.165, 1.54) is 18.3 Å². The van der Waals surface area contributed by atoms with E-state index in [4.69, 9.17) is 11.6 Å². The molecule has 1 unspecified atom stereocenters. The molecule has 0 radical (unpaired) electrons. The molecule has 1 fully saturated rings. The van der Waals surface area contributed by atoms with Gasteiger partial charge in [-0.25, -0.2) is 9.07 Å². The number of nitrogens with one attached hydrogen (secondary N) is 2. The lowest BCUT2D eigenvalue weighted by atomic mass is 9.69. The molecule has 5 aromatic rings. The van der Waals surface area contributed by atoms with Crippen LogP contribution in [0.2, 0.25) is 5.02 Å². The van der Waals surface area contributed by atoms with Crippen LogP contribution in [0.5, 0.6) is 0 Å². The maximum Gasteiger partial charge on any atom is 0.148 e. The Labute approximate surface area is 236 Å². The summed E-state index contributed by atoms with van der Waals surface area (Å²) in [6, 6.07) is 16.6. The highest BCUT2D eigenvalue weighted by atomic mass is 35.5. The topological polar surface area (TPSA) is 104 Å². The smallest absolute Gasteiger partial charge is 0.148 e. The number of rotatable bonds is 9. The molecule has 0 bridgehead atoms. The fourth-order valence-electron chi connectivity index (χ4n) is 4.86. The van der Waals surface area contributed by atoms with Crippen molar-refractivity contribution in [2.75, 3.05) is 17.2 Å². The van der Waals surface area contributed by atoms with Gasteiger partial charge in [-0.15, -0.1) is 5.10 Å². The van der Waals surface area contributed by atoms with Crippen LogP contribution in [0.3, 0.4) is 0 Å². The zero-order valence-electron chi connectivity index (χ0n) is 21.8. The van der Waals surface area contributed by atoms with Crippen LogP contribution in [0.15, 0.2) is 73.3 Å². The molecule has 3 heterocycles. The summed E-state index contributed by atoms with van der Waals surface area (Å²) >= 11 is 6.75. The number of anilines is 2. The molecule has 1 atom stereocenters. The van der Waals surface area contributed by atoms with E-state index in [0.717, 1.165) is 30.4 Å². The van der Waals surface area contributed by atoms with Gasteiger partial charge in [0.2, 0.25) is 0 Å². The number of nitrogens with zero attached hydrogens (tertiary/aromatic N) is 6. The van der Waals surface area contributed by atoms with Gasteiger partial charge in [0.1, 0.15) is 25.4 Å². The first-order chi connectivity index (χ1) is 19.4. The van der Waals surface area contributed by atoms with Crippen molar-refractivity contribution in [3.63, 3.8) is 0 Å². The van der Waals surface area contributed by atoms with Gasteiger partial charge in [-0.2, -0.15) is 5.26 Å². The minimum Gasteiger partial charge on any atom is -0.383 e. The molecule has 40 heavy (non-hydrogen) atoms. The van der Waals surface area contributed by atoms with Crippen molar-refractivity contribution >= 4 is 41.7 Å². The van der Waals surface area contributed by atoms with Gasteiger partial charge in [-0.1, -0.05) is 35.0 Å². The second kappa shape index (κ2) is 10.6. The summed E-state index contributed by atoms with van der Waals surface area (Å²) in [7, 11) is 1.98. The van der Waals surface area contributed by atoms with Crippen molar-refractivity contribution in [3.05, 3.63) is 107 Å². The molecule has 8 nitrogen and oxygen atoms in total. The van der Waals surface area contributed by atoms with Crippen LogP contribution in [-0.2, 0) is 11.9 Å². The normalized spacial score (nSPS) is 14.4. The van der Waals surface area contributed by atoms with Crippen LogP contribution >= 0.6 is 11.6 Å². The first-order valence-electron chi connectivity index (χ1n) is 13.1. The maximum absolute atomic E-state index is 13.9. The van der Waals surface area contributed by atoms with Crippen LogP contribution < -0.4 is 10.6 Å². The Balaban J connectivity index is 1.39. The SMILES string of the molecule is BC(Nc1cc(Cl)c2ncc(C#N)c(NCCc3cccnc3)c2c1)(c1ccc(F)cc1)c1cn(C2CC2)nn1. The zero-order valence-corrected chi connectivity index (χ0v) is 22.5. The zero-order chi connectivity index (χ0) is 27.7. The van der Waals surface area contributed by atoms with E-state index >= 15 is 0 Å². The van der Waals surface area contributed by atoms with Crippen LogP contribution in [0.1, 0.15) is 41.3 Å². The first kappa shape index (κ1) is 25.8. The van der Waals surface area contributed by atoms with Crippen LogP contribution in [0.25, 0.3) is 10.9 Å². The van der Waals surface area contributed by atoms with Gasteiger partial charge in [0, 0.05) is 36.2 Å². The molecule has 6 rings (SSSR count). The van der Waals surface area contributed by atoms with Crippen molar-refractivity contribution in [2.24, 2.45) is 0 Å². The van der Waals surface area contributed by atoms with E-state index in [1.54, 1.807) is 24.4 Å². The molecule has 0 aliphatic heterocycles. The number of hydrogen-bond donors (Lipinski definition) is 2. The summed E-state index contributed by atoms with van der Waals surface area (Å²) in [4.78, 5) is 8.64. The number of benzene rings is 2. The second-order valence-corrected chi connectivity index (χ2v) is 10.5. The Morgan fingerprint density at radius 1 is 1.18 bits per heavy atom. The van der Waals surface area contributed by atoms with Gasteiger partial charge in [-0.3, -0.25) is 9.97 Å². The van der Waals surface area contributed by atoms with Crippen molar-refractivity contribution in [2.45, 2.75) is 30.7 Å². The summed E-state index contributed by atoms with van der Waals surface area (Å²) in [6.45, 7) is 0.590. The van der Waals surface area contributed by atoms with Crippen molar-refractivity contribution in [1.29, 1.82) is 5.26 Å². The molecule has 11 heteroatoms. The molecule has 3 aromatic heterocycles. The van der Waals surface area contributed by atoms with Crippen LogP contribution in [0, 0.1) is 17.1 Å². The standard InChI is InChI=1S/C29H25BClFN8/c30-29(20-3-5-21(32)6-4-20,26-17-40(39-38-26)23-7-8-23)37-22-12-24-27(35-11-9-18-2-1-10-34-15-18)19(14-33)16-36-28(24)25(31)13-22/h1-6,10,12-13,15-17,23,37H,7-9,11,30H2,(H,35,36). The van der Waals surface area contributed by atoms with E-state index < -0.39 is 5.44 Å². The molecular formula is C29H25BClFN8. The third-order valence-electron chi connectivity index (χ3n) is 7.24. The Morgan fingerprint density at radius 3 is 2.73 bits per heavy atom. The van der Waals surface area contributed by atoms with E-state index in [0.29, 0.717) is 51.1 Å². The molecule has 1 saturated carbocycles. The van der Waals surface area contributed by atoms with E-state index in [-0.39, 0.29) is 5.82 Å². The molecule has 1 aliphatic rings. The lowest BCUT2D eigenvalue weighted by molar-refractivity contribution is 0.610. The van der Waals surface area contributed by atoms with E-state index in [2.05, 4.69) is 37.0 Å². The van der Waals surface area contributed by atoms with Crippen LogP contribution in [0.4, 0.5) is 15.8 Å². The quantitative estimate of drug-likeness (QED) is 0.254. The van der Waals surface area contributed by atoms with Gasteiger partial charge < -0.3 is 10.6 Å². The molecule has 0 amide bonds. The lowest BCUT2D eigenvalue weighted by Crippen LogP contribution is -2.37. The molecule has 0 spiro atoms. The summed E-state index contributed by atoms with van der Waals surface area (Å²) < 4.78 is 15.8. The highest BCUT2D eigenvalue weighted by Crippen LogP contribution is 2.38. The predicted molar refractivity (Wildman–Crippen MR) is 156 cm³/mol. The van der Waals surface area contributed by atoms with Gasteiger partial charge in [0.05, 0.1) is 39.5 Å². The average molecular weight is 551 g/mol. The minimum atomic E-state index is -0.855. The molecule has 198 valence electrons. The summed E-state index contributed by atoms with van der Waals surface area (Å²) in [5.74, 6) is -0.321. The van der Waals surface area contributed by atoms with E-state index in [9.17, 15) is 9.65 Å². The summed E-state index contributed by atoms with van der Waals surface area (Å²) in [6.07, 6.45) is 9.93. The van der Waals surface area contributed by atoms with Gasteiger partial charge in [-0.05, 0) is 60.7 Å². The fraction of sp³-hybridized carbons (Fsp3) is 0.207. The Hall–Kier alpha value is -4.49. The maximum atomic E-state index is 13.9. The van der Waals surface area contributed by atoms with Crippen molar-refractivity contribution < 1.29 is 4.39 Å². The summed E-state index contributed by atoms with van der Waals surface area (Å²) in [5, 5.41) is 26.9. The van der Waals surface area contributed by atoms with Crippen LogP contribution in [-0.4, -0.2) is 39.4 Å². The highest BCUT2D eigenvalue weighted by molar-refractivity contribution is 6.36. The Bertz CT molecular complexity index is 1720. The number of fused-ring (bicyclic) bond motifs is 1. The number of aromatic nitrogens is 5. The van der Waals surface area contributed by atoms with Crippen molar-refractivity contribution in [1.82, 2.24) is 25.0 Å². The number of halogens is 2. The first-order valence-corrected chi connectivity index (χ1v) is 13.4. The van der Waals surface area contributed by atoms with Gasteiger partial charge in [0.25, 0.3) is 0 Å². The number of hydrogen-bond acceptors (Lipinski definition) is 7.